The van der Waals surface area contributed by atoms with Crippen molar-refractivity contribution in [3.8, 4) is 0 Å². The van der Waals surface area contributed by atoms with E-state index in [9.17, 15) is 0 Å². The van der Waals surface area contributed by atoms with E-state index in [0.717, 1.165) is 15.7 Å². The highest BCUT2D eigenvalue weighted by atomic mass is 79.9. The third-order valence-electron chi connectivity index (χ3n) is 4.30. The molecule has 4 heteroatoms. The Labute approximate surface area is 134 Å². The summed E-state index contributed by atoms with van der Waals surface area (Å²) < 4.78 is 1.03. The van der Waals surface area contributed by atoms with E-state index in [1.807, 2.05) is 6.20 Å². The molecule has 1 aromatic carbocycles. The van der Waals surface area contributed by atoms with Gasteiger partial charge in [0.15, 0.2) is 0 Å². The fourth-order valence-electron chi connectivity index (χ4n) is 3.03. The van der Waals surface area contributed by atoms with Crippen molar-refractivity contribution < 1.29 is 0 Å². The van der Waals surface area contributed by atoms with Gasteiger partial charge in [0.2, 0.25) is 0 Å². The number of fused-ring (bicyclic) bond motifs is 1. The Morgan fingerprint density at radius 1 is 1.29 bits per heavy atom. The van der Waals surface area contributed by atoms with Gasteiger partial charge in [-0.15, -0.1) is 0 Å². The van der Waals surface area contributed by atoms with Crippen LogP contribution < -0.4 is 5.32 Å². The van der Waals surface area contributed by atoms with Crippen LogP contribution >= 0.6 is 15.9 Å². The number of nitrogens with one attached hydrogen (secondary N) is 1. The fourth-order valence-corrected chi connectivity index (χ4v) is 3.38. The predicted octanol–water partition coefficient (Wildman–Crippen LogP) is 4.28. The van der Waals surface area contributed by atoms with E-state index >= 15 is 0 Å². The monoisotopic (exact) mass is 347 g/mol. The molecule has 21 heavy (non-hydrogen) atoms. The average molecular weight is 348 g/mol. The van der Waals surface area contributed by atoms with E-state index in [0.29, 0.717) is 12.1 Å². The fraction of sp³-hybridized carbons (Fsp3) is 0.471. The Kier molecular flexibility index (Phi) is 4.45. The zero-order chi connectivity index (χ0) is 14.8. The van der Waals surface area contributed by atoms with Crippen LogP contribution in [0.15, 0.2) is 34.9 Å². The van der Waals surface area contributed by atoms with Gasteiger partial charge in [-0.05, 0) is 54.8 Å². The van der Waals surface area contributed by atoms with Crippen molar-refractivity contribution in [2.24, 2.45) is 0 Å². The second-order valence-electron chi connectivity index (χ2n) is 6.08. The largest absolute Gasteiger partial charge is 0.380 e. The lowest BCUT2D eigenvalue weighted by Gasteiger charge is -2.35. The maximum Gasteiger partial charge on any atom is 0.0934 e. The number of pyridine rings is 1. The number of halogens is 1. The third kappa shape index (κ3) is 3.38. The summed E-state index contributed by atoms with van der Waals surface area (Å²) in [5.41, 5.74) is 2.22. The first-order valence-electron chi connectivity index (χ1n) is 7.68. The van der Waals surface area contributed by atoms with Crippen LogP contribution in [-0.2, 0) is 0 Å². The highest BCUT2D eigenvalue weighted by Gasteiger charge is 2.21. The van der Waals surface area contributed by atoms with Crippen LogP contribution in [0.3, 0.4) is 0 Å². The van der Waals surface area contributed by atoms with Gasteiger partial charge in [0.05, 0.1) is 11.2 Å². The topological polar surface area (TPSA) is 28.2 Å². The number of anilines is 1. The summed E-state index contributed by atoms with van der Waals surface area (Å²) in [6.07, 6.45) is 4.27. The highest BCUT2D eigenvalue weighted by Crippen LogP contribution is 2.26. The molecule has 112 valence electrons. The third-order valence-corrected chi connectivity index (χ3v) is 4.73. The molecule has 0 spiro atoms. The minimum atomic E-state index is 0.552. The van der Waals surface area contributed by atoms with Gasteiger partial charge in [0.1, 0.15) is 0 Å². The number of nitrogens with zero attached hydrogens (tertiary/aromatic N) is 2. The summed E-state index contributed by atoms with van der Waals surface area (Å²) in [7, 11) is 0. The van der Waals surface area contributed by atoms with Crippen molar-refractivity contribution >= 4 is 32.5 Å². The standard InChI is InChI=1S/C17H22BrN3/c1-12(2)21-8-6-15(7-9-21)20-16-5-3-4-13-10-14(18)11-19-17(13)16/h3-5,10-12,15,20H,6-9H2,1-2H3. The first kappa shape index (κ1) is 14.8. The average Bonchev–Trinajstić information content (AvgIpc) is 2.47. The van der Waals surface area contributed by atoms with E-state index in [-0.39, 0.29) is 0 Å². The minimum Gasteiger partial charge on any atom is -0.380 e. The summed E-state index contributed by atoms with van der Waals surface area (Å²) in [6.45, 7) is 6.92. The molecule has 0 atom stereocenters. The van der Waals surface area contributed by atoms with Gasteiger partial charge in [0.25, 0.3) is 0 Å². The molecule has 3 nitrogen and oxygen atoms in total. The van der Waals surface area contributed by atoms with Crippen LogP contribution in [-0.4, -0.2) is 35.1 Å². The molecule has 1 saturated heterocycles. The SMILES string of the molecule is CC(C)N1CCC(Nc2cccc3cc(Br)cnc23)CC1. The maximum atomic E-state index is 4.57. The van der Waals surface area contributed by atoms with Crippen molar-refractivity contribution in [3.05, 3.63) is 34.9 Å². The smallest absolute Gasteiger partial charge is 0.0934 e. The lowest BCUT2D eigenvalue weighted by Crippen LogP contribution is -2.42. The Morgan fingerprint density at radius 3 is 2.76 bits per heavy atom. The van der Waals surface area contributed by atoms with Gasteiger partial charge in [0, 0.05) is 41.2 Å². The van der Waals surface area contributed by atoms with Gasteiger partial charge in [-0.3, -0.25) is 4.98 Å². The Bertz CT molecular complexity index is 618. The molecule has 1 N–H and O–H groups in total. The number of piperidine rings is 1. The van der Waals surface area contributed by atoms with E-state index in [1.54, 1.807) is 0 Å². The number of aromatic nitrogens is 1. The minimum absolute atomic E-state index is 0.552. The van der Waals surface area contributed by atoms with E-state index in [4.69, 9.17) is 0 Å². The number of para-hydroxylation sites is 1. The molecular weight excluding hydrogens is 326 g/mol. The lowest BCUT2D eigenvalue weighted by atomic mass is 10.0. The highest BCUT2D eigenvalue weighted by molar-refractivity contribution is 9.10. The number of hydrogen-bond donors (Lipinski definition) is 1. The van der Waals surface area contributed by atoms with Crippen LogP contribution in [0, 0.1) is 0 Å². The molecule has 0 unspecified atom stereocenters. The first-order valence-corrected chi connectivity index (χ1v) is 8.47. The van der Waals surface area contributed by atoms with Gasteiger partial charge in [-0.25, -0.2) is 0 Å². The number of benzene rings is 1. The Hall–Kier alpha value is -1.13. The number of hydrogen-bond acceptors (Lipinski definition) is 3. The summed E-state index contributed by atoms with van der Waals surface area (Å²) in [5.74, 6) is 0. The van der Waals surface area contributed by atoms with Crippen molar-refractivity contribution in [2.75, 3.05) is 18.4 Å². The maximum absolute atomic E-state index is 4.57. The molecule has 1 aliphatic rings. The molecule has 0 bridgehead atoms. The Morgan fingerprint density at radius 2 is 2.05 bits per heavy atom. The van der Waals surface area contributed by atoms with Crippen LogP contribution in [0.2, 0.25) is 0 Å². The van der Waals surface area contributed by atoms with Gasteiger partial charge in [-0.1, -0.05) is 12.1 Å². The molecule has 1 fully saturated rings. The predicted molar refractivity (Wildman–Crippen MR) is 92.8 cm³/mol. The zero-order valence-electron chi connectivity index (χ0n) is 12.6. The van der Waals surface area contributed by atoms with Crippen molar-refractivity contribution in [2.45, 2.75) is 38.8 Å². The van der Waals surface area contributed by atoms with Crippen molar-refractivity contribution in [3.63, 3.8) is 0 Å². The van der Waals surface area contributed by atoms with Crippen LogP contribution in [0.4, 0.5) is 5.69 Å². The zero-order valence-corrected chi connectivity index (χ0v) is 14.2. The van der Waals surface area contributed by atoms with E-state index in [1.165, 1.54) is 31.3 Å². The molecule has 2 aromatic rings. The second-order valence-corrected chi connectivity index (χ2v) is 6.99. The molecular formula is C17H22BrN3. The molecule has 2 heterocycles. The molecule has 0 aliphatic carbocycles. The van der Waals surface area contributed by atoms with Gasteiger partial charge >= 0.3 is 0 Å². The van der Waals surface area contributed by atoms with Crippen molar-refractivity contribution in [1.82, 2.24) is 9.88 Å². The van der Waals surface area contributed by atoms with Gasteiger partial charge < -0.3 is 10.2 Å². The molecule has 1 aromatic heterocycles. The van der Waals surface area contributed by atoms with Crippen molar-refractivity contribution in [1.29, 1.82) is 0 Å². The summed E-state index contributed by atoms with van der Waals surface area (Å²) >= 11 is 3.49. The van der Waals surface area contributed by atoms with E-state index in [2.05, 4.69) is 69.2 Å². The summed E-state index contributed by atoms with van der Waals surface area (Å²) in [5, 5.41) is 4.87. The van der Waals surface area contributed by atoms with E-state index < -0.39 is 0 Å². The van der Waals surface area contributed by atoms with Crippen LogP contribution in [0.25, 0.3) is 10.9 Å². The summed E-state index contributed by atoms with van der Waals surface area (Å²) in [4.78, 5) is 7.12. The number of rotatable bonds is 3. The van der Waals surface area contributed by atoms with Crippen LogP contribution in [0.1, 0.15) is 26.7 Å². The normalized spacial score (nSPS) is 17.5. The molecule has 0 amide bonds. The Balaban J connectivity index is 1.74. The van der Waals surface area contributed by atoms with Crippen LogP contribution in [0.5, 0.6) is 0 Å². The lowest BCUT2D eigenvalue weighted by molar-refractivity contribution is 0.177. The molecule has 0 radical (unpaired) electrons. The molecule has 1 aliphatic heterocycles. The first-order chi connectivity index (χ1) is 10.1. The van der Waals surface area contributed by atoms with Gasteiger partial charge in [-0.2, -0.15) is 0 Å². The molecule has 0 saturated carbocycles. The summed E-state index contributed by atoms with van der Waals surface area (Å²) in [6, 6.07) is 9.67. The second kappa shape index (κ2) is 6.32. The quantitative estimate of drug-likeness (QED) is 0.897. The molecule has 3 rings (SSSR count). The number of likely N-dealkylation sites (tertiary alicyclic amines) is 1.